The van der Waals surface area contributed by atoms with Gasteiger partial charge in [0.1, 0.15) is 0 Å². The van der Waals surface area contributed by atoms with Crippen LogP contribution in [-0.4, -0.2) is 42.2 Å². The summed E-state index contributed by atoms with van der Waals surface area (Å²) >= 11 is 0. The molecule has 1 aromatic rings. The first-order chi connectivity index (χ1) is 7.77. The van der Waals surface area contributed by atoms with Crippen molar-refractivity contribution in [3.8, 4) is 5.75 Å². The fraction of sp³-hybridized carbons (Fsp3) is 0.455. The van der Waals surface area contributed by atoms with Crippen LogP contribution in [0, 0.1) is 5.41 Å². The number of nitrogens with zero attached hydrogens (tertiary/aromatic N) is 2. The Labute approximate surface area is 93.4 Å². The molecule has 0 atom stereocenters. The summed E-state index contributed by atoms with van der Waals surface area (Å²) in [4.78, 5) is 17.3. The van der Waals surface area contributed by atoms with Gasteiger partial charge in [0.2, 0.25) is 0 Å². The van der Waals surface area contributed by atoms with Crippen LogP contribution in [0.3, 0.4) is 0 Å². The molecular formula is C11H13N3O2. The molecule has 2 fully saturated rings. The molecule has 0 radical (unpaired) electrons. The maximum atomic E-state index is 11.7. The molecular weight excluding hydrogens is 206 g/mol. The maximum absolute atomic E-state index is 11.7. The Morgan fingerprint density at radius 2 is 2.31 bits per heavy atom. The Bertz CT molecular complexity index is 395. The third-order valence-corrected chi connectivity index (χ3v) is 3.15. The summed E-state index contributed by atoms with van der Waals surface area (Å²) in [5, 5.41) is 3.22. The quantitative estimate of drug-likeness (QED) is 0.746. The van der Waals surface area contributed by atoms with Crippen LogP contribution in [0.25, 0.3) is 0 Å². The van der Waals surface area contributed by atoms with Crippen LogP contribution in [0.4, 0.5) is 4.79 Å². The lowest BCUT2D eigenvalue weighted by atomic mass is 9.75. The number of aromatic nitrogens is 1. The highest BCUT2D eigenvalue weighted by atomic mass is 16.6. The summed E-state index contributed by atoms with van der Waals surface area (Å²) in [5.41, 5.74) is 0.341. The second-order valence-electron chi connectivity index (χ2n) is 4.52. The number of hydrogen-bond acceptors (Lipinski definition) is 4. The van der Waals surface area contributed by atoms with E-state index in [9.17, 15) is 4.79 Å². The molecule has 0 aromatic carbocycles. The fourth-order valence-electron chi connectivity index (χ4n) is 2.17. The van der Waals surface area contributed by atoms with Gasteiger partial charge in [0.15, 0.2) is 5.75 Å². The van der Waals surface area contributed by atoms with Gasteiger partial charge in [-0.1, -0.05) is 0 Å². The molecule has 3 rings (SSSR count). The van der Waals surface area contributed by atoms with Crippen molar-refractivity contribution in [2.45, 2.75) is 0 Å². The normalized spacial score (nSPS) is 21.1. The molecule has 0 unspecified atom stereocenters. The molecule has 3 heterocycles. The number of rotatable bonds is 1. The van der Waals surface area contributed by atoms with Crippen molar-refractivity contribution in [1.29, 1.82) is 0 Å². The molecule has 2 aliphatic rings. The molecule has 5 nitrogen and oxygen atoms in total. The van der Waals surface area contributed by atoms with Crippen LogP contribution in [0.5, 0.6) is 5.75 Å². The number of ether oxygens (including phenoxy) is 1. The molecule has 0 saturated carbocycles. The summed E-state index contributed by atoms with van der Waals surface area (Å²) in [6.45, 7) is 3.64. The summed E-state index contributed by atoms with van der Waals surface area (Å²) in [6.07, 6.45) is 2.92. The Morgan fingerprint density at radius 3 is 2.88 bits per heavy atom. The van der Waals surface area contributed by atoms with Crippen molar-refractivity contribution in [2.24, 2.45) is 5.41 Å². The van der Waals surface area contributed by atoms with E-state index in [-0.39, 0.29) is 6.09 Å². The number of hydrogen-bond donors (Lipinski definition) is 1. The van der Waals surface area contributed by atoms with Gasteiger partial charge in [-0.05, 0) is 12.1 Å². The van der Waals surface area contributed by atoms with E-state index in [1.165, 1.54) is 0 Å². The second-order valence-corrected chi connectivity index (χ2v) is 4.52. The van der Waals surface area contributed by atoms with Gasteiger partial charge in [-0.15, -0.1) is 0 Å². The third-order valence-electron chi connectivity index (χ3n) is 3.15. The molecule has 1 spiro atoms. The first kappa shape index (κ1) is 9.59. The number of likely N-dealkylation sites (tertiary alicyclic amines) is 1. The van der Waals surface area contributed by atoms with Gasteiger partial charge in [0, 0.05) is 37.8 Å². The van der Waals surface area contributed by atoms with Crippen LogP contribution in [0.2, 0.25) is 0 Å². The van der Waals surface area contributed by atoms with Crippen LogP contribution < -0.4 is 10.1 Å². The fourth-order valence-corrected chi connectivity index (χ4v) is 2.17. The van der Waals surface area contributed by atoms with E-state index < -0.39 is 0 Å². The Morgan fingerprint density at radius 1 is 1.50 bits per heavy atom. The number of amides is 1. The van der Waals surface area contributed by atoms with Gasteiger partial charge in [-0.2, -0.15) is 0 Å². The van der Waals surface area contributed by atoms with Gasteiger partial charge < -0.3 is 15.0 Å². The third kappa shape index (κ3) is 1.53. The molecule has 1 amide bonds. The molecule has 2 aliphatic heterocycles. The van der Waals surface area contributed by atoms with Crippen molar-refractivity contribution >= 4 is 6.09 Å². The molecule has 1 N–H and O–H groups in total. The minimum Gasteiger partial charge on any atom is -0.409 e. The van der Waals surface area contributed by atoms with Crippen molar-refractivity contribution < 1.29 is 9.53 Å². The van der Waals surface area contributed by atoms with E-state index in [0.29, 0.717) is 11.2 Å². The van der Waals surface area contributed by atoms with Gasteiger partial charge in [0.05, 0.1) is 6.20 Å². The highest BCUT2D eigenvalue weighted by molar-refractivity contribution is 5.71. The lowest BCUT2D eigenvalue weighted by molar-refractivity contribution is -0.0233. The Kier molecular flexibility index (Phi) is 2.07. The monoisotopic (exact) mass is 219 g/mol. The smallest absolute Gasteiger partial charge is 0.409 e. The largest absolute Gasteiger partial charge is 0.415 e. The Hall–Kier alpha value is -1.62. The van der Waals surface area contributed by atoms with E-state index in [1.807, 2.05) is 0 Å². The number of carbonyl (C=O) groups is 1. The van der Waals surface area contributed by atoms with Gasteiger partial charge in [0.25, 0.3) is 0 Å². The molecule has 5 heteroatoms. The van der Waals surface area contributed by atoms with E-state index >= 15 is 0 Å². The van der Waals surface area contributed by atoms with Crippen molar-refractivity contribution in [3.05, 3.63) is 24.5 Å². The average Bonchev–Trinajstić information content (AvgIpc) is 2.14. The Balaban J connectivity index is 1.55. The maximum Gasteiger partial charge on any atom is 0.415 e. The van der Waals surface area contributed by atoms with E-state index in [1.54, 1.807) is 29.4 Å². The van der Waals surface area contributed by atoms with E-state index in [0.717, 1.165) is 26.2 Å². The first-order valence-corrected chi connectivity index (χ1v) is 5.35. The molecule has 2 saturated heterocycles. The average molecular weight is 219 g/mol. The lowest BCUT2D eigenvalue weighted by Crippen LogP contribution is -2.72. The number of carbonyl (C=O) groups excluding carboxylic acids is 1. The van der Waals surface area contributed by atoms with Crippen molar-refractivity contribution in [1.82, 2.24) is 15.2 Å². The minimum atomic E-state index is -0.273. The van der Waals surface area contributed by atoms with E-state index in [4.69, 9.17) is 4.74 Å². The van der Waals surface area contributed by atoms with Gasteiger partial charge in [-0.25, -0.2) is 4.79 Å². The highest BCUT2D eigenvalue weighted by Gasteiger charge is 2.49. The van der Waals surface area contributed by atoms with Crippen LogP contribution >= 0.6 is 0 Å². The zero-order valence-electron chi connectivity index (χ0n) is 8.85. The van der Waals surface area contributed by atoms with Crippen LogP contribution in [-0.2, 0) is 0 Å². The number of pyridine rings is 1. The lowest BCUT2D eigenvalue weighted by Gasteiger charge is -2.55. The molecule has 0 aliphatic carbocycles. The molecule has 84 valence electrons. The van der Waals surface area contributed by atoms with E-state index in [2.05, 4.69) is 10.3 Å². The minimum absolute atomic E-state index is 0.273. The topological polar surface area (TPSA) is 54.5 Å². The summed E-state index contributed by atoms with van der Waals surface area (Å²) < 4.78 is 5.18. The molecule has 1 aromatic heterocycles. The summed E-state index contributed by atoms with van der Waals surface area (Å²) in [5.74, 6) is 0.500. The predicted molar refractivity (Wildman–Crippen MR) is 57.1 cm³/mol. The van der Waals surface area contributed by atoms with Crippen LogP contribution in [0.15, 0.2) is 24.5 Å². The van der Waals surface area contributed by atoms with Gasteiger partial charge >= 0.3 is 6.09 Å². The van der Waals surface area contributed by atoms with Crippen molar-refractivity contribution in [3.63, 3.8) is 0 Å². The predicted octanol–water partition coefficient (Wildman–Crippen LogP) is 0.486. The summed E-state index contributed by atoms with van der Waals surface area (Å²) in [7, 11) is 0. The van der Waals surface area contributed by atoms with Crippen molar-refractivity contribution in [2.75, 3.05) is 26.2 Å². The van der Waals surface area contributed by atoms with Gasteiger partial charge in [-0.3, -0.25) is 4.98 Å². The number of nitrogens with one attached hydrogen (secondary N) is 1. The standard InChI is InChI=1S/C11H13N3O2/c15-10(16-9-2-1-3-12-4-9)14-7-11(8-14)5-13-6-11/h1-4,13H,5-8H2. The molecule has 0 bridgehead atoms. The zero-order valence-corrected chi connectivity index (χ0v) is 8.85. The highest BCUT2D eigenvalue weighted by Crippen LogP contribution is 2.34. The summed E-state index contributed by atoms with van der Waals surface area (Å²) in [6, 6.07) is 3.47. The second kappa shape index (κ2) is 3.45. The SMILES string of the molecule is O=C(Oc1cccnc1)N1CC2(CNC2)C1. The first-order valence-electron chi connectivity index (χ1n) is 5.35. The van der Waals surface area contributed by atoms with Crippen LogP contribution in [0.1, 0.15) is 0 Å². The molecule has 16 heavy (non-hydrogen) atoms. The zero-order chi connectivity index (χ0) is 11.0.